The van der Waals surface area contributed by atoms with E-state index in [0.29, 0.717) is 18.5 Å². The number of piperazine rings is 1. The minimum Gasteiger partial charge on any atom is -0.493 e. The van der Waals surface area contributed by atoms with E-state index in [-0.39, 0.29) is 24.7 Å². The topological polar surface area (TPSA) is 50.8 Å². The van der Waals surface area contributed by atoms with Crippen molar-refractivity contribution < 1.29 is 27.4 Å². The summed E-state index contributed by atoms with van der Waals surface area (Å²) in [7, 11) is 0. The molecular formula is C20H29F3N2O3. The summed E-state index contributed by atoms with van der Waals surface area (Å²) in [5.74, 6) is -0.126. The number of benzene rings is 1. The number of esters is 1. The summed E-state index contributed by atoms with van der Waals surface area (Å²) in [4.78, 5) is 13.9. The van der Waals surface area contributed by atoms with Gasteiger partial charge in [0.05, 0.1) is 12.2 Å². The van der Waals surface area contributed by atoms with Crippen molar-refractivity contribution in [2.75, 3.05) is 32.8 Å². The number of carbonyl (C=O) groups excluding carboxylic acids is 1. The highest BCUT2D eigenvalue weighted by molar-refractivity contribution is 5.69. The SMILES string of the molecule is CC(C)(C)OC(=O)CCCOc1cc(C(F)(F)F)ccc1CN1CCNCC1. The lowest BCUT2D eigenvalue weighted by Crippen LogP contribution is -2.42. The van der Waals surface area contributed by atoms with Crippen molar-refractivity contribution >= 4 is 5.97 Å². The Labute approximate surface area is 164 Å². The zero-order valence-electron chi connectivity index (χ0n) is 16.7. The molecule has 5 nitrogen and oxygen atoms in total. The number of nitrogens with zero attached hydrogens (tertiary/aromatic N) is 1. The van der Waals surface area contributed by atoms with Gasteiger partial charge in [-0.15, -0.1) is 0 Å². The summed E-state index contributed by atoms with van der Waals surface area (Å²) in [6, 6.07) is 3.62. The molecule has 0 unspecified atom stereocenters. The molecule has 1 aromatic rings. The van der Waals surface area contributed by atoms with Gasteiger partial charge in [0.15, 0.2) is 0 Å². The fourth-order valence-corrected chi connectivity index (χ4v) is 2.90. The summed E-state index contributed by atoms with van der Waals surface area (Å²) >= 11 is 0. The van der Waals surface area contributed by atoms with E-state index in [2.05, 4.69) is 10.2 Å². The molecule has 2 rings (SSSR count). The molecule has 1 N–H and O–H groups in total. The monoisotopic (exact) mass is 402 g/mol. The molecule has 28 heavy (non-hydrogen) atoms. The van der Waals surface area contributed by atoms with Crippen LogP contribution in [0.5, 0.6) is 5.75 Å². The zero-order chi connectivity index (χ0) is 20.8. The van der Waals surface area contributed by atoms with Crippen LogP contribution in [0.1, 0.15) is 44.7 Å². The molecule has 0 amide bonds. The summed E-state index contributed by atoms with van der Waals surface area (Å²) in [5.41, 5.74) is -0.582. The Morgan fingerprint density at radius 3 is 2.46 bits per heavy atom. The smallest absolute Gasteiger partial charge is 0.416 e. The molecule has 1 aliphatic rings. The average molecular weight is 402 g/mol. The number of alkyl halides is 3. The third kappa shape index (κ3) is 7.67. The van der Waals surface area contributed by atoms with Gasteiger partial charge in [-0.05, 0) is 39.3 Å². The van der Waals surface area contributed by atoms with E-state index in [1.165, 1.54) is 6.07 Å². The first-order chi connectivity index (χ1) is 13.0. The predicted octanol–water partition coefficient (Wildman–Crippen LogP) is 3.61. The highest BCUT2D eigenvalue weighted by Gasteiger charge is 2.31. The first-order valence-corrected chi connectivity index (χ1v) is 9.52. The van der Waals surface area contributed by atoms with Gasteiger partial charge in [0, 0.05) is 44.7 Å². The van der Waals surface area contributed by atoms with E-state index in [4.69, 9.17) is 9.47 Å². The normalized spacial score (nSPS) is 16.1. The number of hydrogen-bond acceptors (Lipinski definition) is 5. The second-order valence-corrected chi connectivity index (χ2v) is 7.88. The largest absolute Gasteiger partial charge is 0.493 e. The van der Waals surface area contributed by atoms with Crippen LogP contribution in [0.2, 0.25) is 0 Å². The van der Waals surface area contributed by atoms with Crippen molar-refractivity contribution in [3.05, 3.63) is 29.3 Å². The van der Waals surface area contributed by atoms with Crippen molar-refractivity contribution in [2.24, 2.45) is 0 Å². The molecule has 0 aliphatic carbocycles. The van der Waals surface area contributed by atoms with E-state index in [9.17, 15) is 18.0 Å². The van der Waals surface area contributed by atoms with Crippen molar-refractivity contribution in [1.82, 2.24) is 10.2 Å². The molecule has 0 aromatic heterocycles. The molecule has 8 heteroatoms. The van der Waals surface area contributed by atoms with Crippen LogP contribution in [0.4, 0.5) is 13.2 Å². The minimum atomic E-state index is -4.43. The van der Waals surface area contributed by atoms with Crippen LogP contribution in [-0.2, 0) is 22.3 Å². The second kappa shape index (κ2) is 9.60. The van der Waals surface area contributed by atoms with Crippen molar-refractivity contribution in [3.63, 3.8) is 0 Å². The molecule has 0 radical (unpaired) electrons. The second-order valence-electron chi connectivity index (χ2n) is 7.88. The van der Waals surface area contributed by atoms with E-state index in [1.807, 2.05) is 0 Å². The van der Waals surface area contributed by atoms with E-state index in [0.717, 1.165) is 38.3 Å². The van der Waals surface area contributed by atoms with E-state index >= 15 is 0 Å². The van der Waals surface area contributed by atoms with Gasteiger partial charge in [0.25, 0.3) is 0 Å². The fraction of sp³-hybridized carbons (Fsp3) is 0.650. The summed E-state index contributed by atoms with van der Waals surface area (Å²) in [5, 5.41) is 3.25. The van der Waals surface area contributed by atoms with Crippen LogP contribution >= 0.6 is 0 Å². The standard InChI is InChI=1S/C20H29F3N2O3/c1-19(2,3)28-18(26)5-4-12-27-17-13-16(20(21,22)23)7-6-15(17)14-25-10-8-24-9-11-25/h6-7,13,24H,4-5,8-12,14H2,1-3H3. The molecule has 0 bridgehead atoms. The van der Waals surface area contributed by atoms with Crippen molar-refractivity contribution in [2.45, 2.75) is 51.9 Å². The predicted molar refractivity (Wildman–Crippen MR) is 100 cm³/mol. The Kier molecular flexibility index (Phi) is 7.71. The van der Waals surface area contributed by atoms with Crippen molar-refractivity contribution in [1.29, 1.82) is 0 Å². The summed E-state index contributed by atoms with van der Waals surface area (Å²) < 4.78 is 50.1. The Bertz CT molecular complexity index is 651. The van der Waals surface area contributed by atoms with Crippen LogP contribution in [0, 0.1) is 0 Å². The lowest BCUT2D eigenvalue weighted by molar-refractivity contribution is -0.155. The first-order valence-electron chi connectivity index (χ1n) is 9.52. The molecule has 1 fully saturated rings. The molecule has 1 aromatic carbocycles. The van der Waals surface area contributed by atoms with Crippen LogP contribution in [0.25, 0.3) is 0 Å². The number of nitrogens with one attached hydrogen (secondary N) is 1. The van der Waals surface area contributed by atoms with Gasteiger partial charge in [0.1, 0.15) is 11.4 Å². The molecule has 1 aliphatic heterocycles. The number of hydrogen-bond donors (Lipinski definition) is 1. The molecule has 1 heterocycles. The first kappa shape index (κ1) is 22.5. The van der Waals surface area contributed by atoms with E-state index < -0.39 is 17.3 Å². The summed E-state index contributed by atoms with van der Waals surface area (Å²) in [6.07, 6.45) is -3.90. The number of rotatable bonds is 7. The quantitative estimate of drug-likeness (QED) is 0.558. The maximum absolute atomic E-state index is 13.1. The number of ether oxygens (including phenoxy) is 2. The lowest BCUT2D eigenvalue weighted by atomic mass is 10.1. The third-order valence-corrected chi connectivity index (χ3v) is 4.20. The highest BCUT2D eigenvalue weighted by atomic mass is 19.4. The van der Waals surface area contributed by atoms with Gasteiger partial charge in [-0.25, -0.2) is 0 Å². The highest BCUT2D eigenvalue weighted by Crippen LogP contribution is 2.33. The molecule has 0 atom stereocenters. The zero-order valence-corrected chi connectivity index (χ0v) is 16.7. The van der Waals surface area contributed by atoms with Crippen LogP contribution in [0.3, 0.4) is 0 Å². The Balaban J connectivity index is 1.99. The maximum Gasteiger partial charge on any atom is 0.416 e. The van der Waals surface area contributed by atoms with Gasteiger partial charge >= 0.3 is 12.1 Å². The summed E-state index contributed by atoms with van der Waals surface area (Å²) in [6.45, 7) is 9.40. The van der Waals surface area contributed by atoms with Gasteiger partial charge in [-0.2, -0.15) is 13.2 Å². The fourth-order valence-electron chi connectivity index (χ4n) is 2.90. The Morgan fingerprint density at radius 1 is 1.18 bits per heavy atom. The minimum absolute atomic E-state index is 0.148. The Morgan fingerprint density at radius 2 is 1.86 bits per heavy atom. The van der Waals surface area contributed by atoms with Crippen LogP contribution in [-0.4, -0.2) is 49.3 Å². The maximum atomic E-state index is 13.1. The average Bonchev–Trinajstić information content (AvgIpc) is 2.58. The van der Waals surface area contributed by atoms with Gasteiger partial charge in [0.2, 0.25) is 0 Å². The third-order valence-electron chi connectivity index (χ3n) is 4.20. The number of halogens is 3. The molecular weight excluding hydrogens is 373 g/mol. The molecule has 0 spiro atoms. The molecule has 1 saturated heterocycles. The lowest BCUT2D eigenvalue weighted by Gasteiger charge is -2.28. The van der Waals surface area contributed by atoms with E-state index in [1.54, 1.807) is 20.8 Å². The van der Waals surface area contributed by atoms with Gasteiger partial charge < -0.3 is 14.8 Å². The molecule has 158 valence electrons. The van der Waals surface area contributed by atoms with Crippen LogP contribution < -0.4 is 10.1 Å². The van der Waals surface area contributed by atoms with Crippen LogP contribution in [0.15, 0.2) is 18.2 Å². The van der Waals surface area contributed by atoms with Crippen molar-refractivity contribution in [3.8, 4) is 5.75 Å². The number of carbonyl (C=O) groups is 1. The Hall–Kier alpha value is -1.80. The van der Waals surface area contributed by atoms with Gasteiger partial charge in [-0.3, -0.25) is 9.69 Å². The van der Waals surface area contributed by atoms with Gasteiger partial charge in [-0.1, -0.05) is 6.07 Å². The molecule has 0 saturated carbocycles.